The second-order valence-corrected chi connectivity index (χ2v) is 4.20. The van der Waals surface area contributed by atoms with Gasteiger partial charge in [-0.2, -0.15) is 0 Å². The Morgan fingerprint density at radius 3 is 2.89 bits per heavy atom. The molecule has 0 aromatic carbocycles. The summed E-state index contributed by atoms with van der Waals surface area (Å²) >= 11 is 0. The molecule has 0 aromatic rings. The Morgan fingerprint density at radius 1 is 1.50 bits per heavy atom. The highest BCUT2D eigenvalue weighted by atomic mass is 16.6. The van der Waals surface area contributed by atoms with Crippen molar-refractivity contribution in [2.24, 2.45) is 0 Å². The van der Waals surface area contributed by atoms with E-state index in [1.54, 1.807) is 13.0 Å². The van der Waals surface area contributed by atoms with E-state index in [2.05, 4.69) is 0 Å². The number of rotatable bonds is 8. The normalized spacial score (nSPS) is 18.9. The lowest BCUT2D eigenvalue weighted by atomic mass is 10.1. The number of esters is 1. The molecule has 1 N–H and O–H groups in total. The number of hydrogen-bond donors (Lipinski definition) is 1. The number of ketones is 1. The molecule has 5 heteroatoms. The molecule has 1 atom stereocenters. The molecule has 18 heavy (non-hydrogen) atoms. The Kier molecular flexibility index (Phi) is 6.60. The summed E-state index contributed by atoms with van der Waals surface area (Å²) in [7, 11) is 0. The lowest BCUT2D eigenvalue weighted by molar-refractivity contribution is -0.148. The molecule has 0 amide bonds. The summed E-state index contributed by atoms with van der Waals surface area (Å²) in [6.07, 6.45) is 3.50. The highest BCUT2D eigenvalue weighted by Crippen LogP contribution is 2.19. The molecule has 0 saturated heterocycles. The molecule has 0 fully saturated rings. The third-order valence-electron chi connectivity index (χ3n) is 2.66. The van der Waals surface area contributed by atoms with Crippen LogP contribution in [-0.4, -0.2) is 42.8 Å². The number of hydrogen-bond acceptors (Lipinski definition) is 5. The molecular formula is C13H20O5. The monoisotopic (exact) mass is 256 g/mol. The Hall–Kier alpha value is -1.20. The van der Waals surface area contributed by atoms with Crippen LogP contribution in [-0.2, 0) is 19.1 Å². The van der Waals surface area contributed by atoms with Crippen LogP contribution in [0.5, 0.6) is 0 Å². The van der Waals surface area contributed by atoms with E-state index in [0.717, 1.165) is 12.8 Å². The van der Waals surface area contributed by atoms with E-state index in [9.17, 15) is 14.7 Å². The van der Waals surface area contributed by atoms with Crippen molar-refractivity contribution in [3.8, 4) is 0 Å². The van der Waals surface area contributed by atoms with Gasteiger partial charge in [-0.25, -0.2) is 4.79 Å². The van der Waals surface area contributed by atoms with Gasteiger partial charge in [0.25, 0.3) is 0 Å². The van der Waals surface area contributed by atoms with Crippen molar-refractivity contribution in [3.05, 3.63) is 11.6 Å². The molecule has 0 saturated carbocycles. The first kappa shape index (κ1) is 14.9. The lowest BCUT2D eigenvalue weighted by Gasteiger charge is -2.04. The molecule has 1 unspecified atom stereocenters. The van der Waals surface area contributed by atoms with Crippen LogP contribution >= 0.6 is 0 Å². The van der Waals surface area contributed by atoms with Crippen molar-refractivity contribution >= 4 is 11.8 Å². The molecule has 0 heterocycles. The number of carbonyl (C=O) groups excluding carboxylic acids is 2. The molecule has 1 rings (SSSR count). The number of Topliss-reactive ketones (excluding diaryl/α,β-unsaturated/α-hetero) is 1. The minimum absolute atomic E-state index is 0.0197. The maximum atomic E-state index is 11.3. The molecule has 0 aliphatic heterocycles. The largest absolute Gasteiger partial charge is 0.464 e. The number of unbranched alkanes of at least 4 members (excludes halogenated alkanes) is 1. The highest BCUT2D eigenvalue weighted by molar-refractivity contribution is 5.98. The smallest absolute Gasteiger partial charge is 0.332 e. The van der Waals surface area contributed by atoms with Gasteiger partial charge in [0.1, 0.15) is 6.61 Å². The zero-order chi connectivity index (χ0) is 13.4. The molecule has 0 spiro atoms. The molecular weight excluding hydrogens is 236 g/mol. The fourth-order valence-corrected chi connectivity index (χ4v) is 1.81. The van der Waals surface area contributed by atoms with E-state index in [1.807, 2.05) is 0 Å². The van der Waals surface area contributed by atoms with Crippen LogP contribution in [0.15, 0.2) is 11.6 Å². The van der Waals surface area contributed by atoms with Crippen molar-refractivity contribution in [2.75, 3.05) is 19.8 Å². The van der Waals surface area contributed by atoms with Gasteiger partial charge in [-0.05, 0) is 37.8 Å². The zero-order valence-electron chi connectivity index (χ0n) is 10.7. The van der Waals surface area contributed by atoms with E-state index in [-0.39, 0.29) is 24.8 Å². The summed E-state index contributed by atoms with van der Waals surface area (Å²) in [6.45, 7) is 2.57. The zero-order valence-corrected chi connectivity index (χ0v) is 10.7. The summed E-state index contributed by atoms with van der Waals surface area (Å²) in [5, 5.41) is 9.25. The van der Waals surface area contributed by atoms with Crippen molar-refractivity contribution in [3.63, 3.8) is 0 Å². The average molecular weight is 256 g/mol. The maximum Gasteiger partial charge on any atom is 0.332 e. The summed E-state index contributed by atoms with van der Waals surface area (Å²) in [6, 6.07) is 0. The predicted molar refractivity (Wildman–Crippen MR) is 65.0 cm³/mol. The van der Waals surface area contributed by atoms with Crippen LogP contribution in [0.3, 0.4) is 0 Å². The van der Waals surface area contributed by atoms with E-state index in [0.29, 0.717) is 25.2 Å². The van der Waals surface area contributed by atoms with E-state index >= 15 is 0 Å². The fraction of sp³-hybridized carbons (Fsp3) is 0.692. The third-order valence-corrected chi connectivity index (χ3v) is 2.66. The van der Waals surface area contributed by atoms with Crippen molar-refractivity contribution in [1.29, 1.82) is 0 Å². The third kappa shape index (κ3) is 5.42. The van der Waals surface area contributed by atoms with Gasteiger partial charge in [0.2, 0.25) is 0 Å². The minimum atomic E-state index is -0.604. The molecule has 0 radical (unpaired) electrons. The number of aliphatic hydroxyl groups is 1. The Labute approximate surface area is 107 Å². The topological polar surface area (TPSA) is 72.8 Å². The number of aliphatic hydroxyl groups excluding tert-OH is 1. The van der Waals surface area contributed by atoms with Crippen LogP contribution in [0, 0.1) is 0 Å². The van der Waals surface area contributed by atoms with Crippen LogP contribution in [0.4, 0.5) is 0 Å². The SMILES string of the molecule is CCOC(=O)COCCCCC1=CC(O)CC1=O. The number of carbonyl (C=O) groups is 2. The van der Waals surface area contributed by atoms with Gasteiger partial charge >= 0.3 is 5.97 Å². The van der Waals surface area contributed by atoms with Gasteiger partial charge in [-0.3, -0.25) is 4.79 Å². The molecule has 5 nitrogen and oxygen atoms in total. The summed E-state index contributed by atoms with van der Waals surface area (Å²) in [5.41, 5.74) is 0.716. The van der Waals surface area contributed by atoms with Gasteiger partial charge in [-0.15, -0.1) is 0 Å². The molecule has 0 aromatic heterocycles. The van der Waals surface area contributed by atoms with Gasteiger partial charge in [-0.1, -0.05) is 0 Å². The summed E-state index contributed by atoms with van der Waals surface area (Å²) < 4.78 is 9.84. The van der Waals surface area contributed by atoms with E-state index in [1.165, 1.54) is 0 Å². The molecule has 1 aliphatic carbocycles. The lowest BCUT2D eigenvalue weighted by Crippen LogP contribution is -2.12. The first-order valence-corrected chi connectivity index (χ1v) is 6.28. The minimum Gasteiger partial charge on any atom is -0.464 e. The Morgan fingerprint density at radius 2 is 2.28 bits per heavy atom. The van der Waals surface area contributed by atoms with Crippen molar-refractivity contribution in [2.45, 2.75) is 38.7 Å². The van der Waals surface area contributed by atoms with E-state index < -0.39 is 6.10 Å². The first-order chi connectivity index (χ1) is 8.63. The number of ether oxygens (including phenoxy) is 2. The van der Waals surface area contributed by atoms with Crippen LogP contribution in [0.1, 0.15) is 32.6 Å². The van der Waals surface area contributed by atoms with Crippen LogP contribution < -0.4 is 0 Å². The summed E-state index contributed by atoms with van der Waals surface area (Å²) in [4.78, 5) is 22.3. The quantitative estimate of drug-likeness (QED) is 0.518. The average Bonchev–Trinajstić information content (AvgIpc) is 2.62. The van der Waals surface area contributed by atoms with Gasteiger partial charge in [0.05, 0.1) is 12.7 Å². The molecule has 102 valence electrons. The fourth-order valence-electron chi connectivity index (χ4n) is 1.81. The van der Waals surface area contributed by atoms with Gasteiger partial charge < -0.3 is 14.6 Å². The Balaban J connectivity index is 2.01. The maximum absolute atomic E-state index is 11.3. The van der Waals surface area contributed by atoms with Gasteiger partial charge in [0.15, 0.2) is 5.78 Å². The van der Waals surface area contributed by atoms with E-state index in [4.69, 9.17) is 9.47 Å². The molecule has 1 aliphatic rings. The predicted octanol–water partition coefficient (Wildman–Crippen LogP) is 0.996. The van der Waals surface area contributed by atoms with Crippen molar-refractivity contribution in [1.82, 2.24) is 0 Å². The van der Waals surface area contributed by atoms with Gasteiger partial charge in [0, 0.05) is 13.0 Å². The standard InChI is InChI=1S/C13H20O5/c1-2-18-13(16)9-17-6-4-3-5-10-7-11(14)8-12(10)15/h7,11,14H,2-6,8-9H2,1H3. The van der Waals surface area contributed by atoms with Crippen molar-refractivity contribution < 1.29 is 24.2 Å². The second kappa shape index (κ2) is 8.00. The molecule has 0 bridgehead atoms. The first-order valence-electron chi connectivity index (χ1n) is 6.28. The van der Waals surface area contributed by atoms with Crippen LogP contribution in [0.2, 0.25) is 0 Å². The Bertz CT molecular complexity index is 321. The number of allylic oxidation sites excluding steroid dienone is 1. The van der Waals surface area contributed by atoms with Crippen LogP contribution in [0.25, 0.3) is 0 Å². The second-order valence-electron chi connectivity index (χ2n) is 4.20. The highest BCUT2D eigenvalue weighted by Gasteiger charge is 2.21. The summed E-state index contributed by atoms with van der Waals surface area (Å²) in [5.74, 6) is -0.316.